The van der Waals surface area contributed by atoms with Crippen LogP contribution in [0, 0.1) is 0 Å². The van der Waals surface area contributed by atoms with E-state index in [1.54, 1.807) is 30.5 Å². The fourth-order valence-corrected chi connectivity index (χ4v) is 2.91. The number of nitrogens with one attached hydrogen (secondary N) is 1. The summed E-state index contributed by atoms with van der Waals surface area (Å²) in [4.78, 5) is 16.1. The Bertz CT molecular complexity index is 579. The zero-order chi connectivity index (χ0) is 13.2. The van der Waals surface area contributed by atoms with E-state index >= 15 is 0 Å². The number of carbonyl (C=O) groups is 1. The maximum Gasteiger partial charge on any atom is 0.358 e. The summed E-state index contributed by atoms with van der Waals surface area (Å²) in [7, 11) is 0. The van der Waals surface area contributed by atoms with E-state index in [-0.39, 0.29) is 12.0 Å². The average Bonchev–Trinajstić information content (AvgIpc) is 3.07. The number of ether oxygens (including phenoxy) is 1. The second-order valence-corrected chi connectivity index (χ2v) is 5.11. The van der Waals surface area contributed by atoms with Crippen LogP contribution in [0.25, 0.3) is 0 Å². The van der Waals surface area contributed by atoms with Crippen molar-refractivity contribution in [3.8, 4) is 0 Å². The lowest BCUT2D eigenvalue weighted by molar-refractivity contribution is 0.0518. The first-order valence-electron chi connectivity index (χ1n) is 6.19. The van der Waals surface area contributed by atoms with E-state index in [1.807, 2.05) is 10.1 Å². The van der Waals surface area contributed by atoms with Crippen molar-refractivity contribution in [3.63, 3.8) is 0 Å². The van der Waals surface area contributed by atoms with Crippen LogP contribution in [0.5, 0.6) is 0 Å². The fraction of sp³-hybridized carbons (Fsp3) is 0.417. The van der Waals surface area contributed by atoms with E-state index < -0.39 is 0 Å². The predicted octanol–water partition coefficient (Wildman–Crippen LogP) is 1.92. The minimum Gasteiger partial charge on any atom is -0.461 e. The summed E-state index contributed by atoms with van der Waals surface area (Å²) in [6.45, 7) is 2.98. The van der Waals surface area contributed by atoms with Gasteiger partial charge in [-0.1, -0.05) is 0 Å². The molecule has 19 heavy (non-hydrogen) atoms. The highest BCUT2D eigenvalue weighted by atomic mass is 32.1. The van der Waals surface area contributed by atoms with Crippen molar-refractivity contribution in [2.24, 2.45) is 0 Å². The number of hydrogen-bond donors (Lipinski definition) is 1. The molecular weight excluding hydrogens is 264 g/mol. The molecule has 7 heteroatoms. The molecule has 0 bridgehead atoms. The Kier molecular flexibility index (Phi) is 3.20. The topological polar surface area (TPSA) is 69.0 Å². The molecule has 0 fully saturated rings. The second-order valence-electron chi connectivity index (χ2n) is 4.18. The second kappa shape index (κ2) is 5.00. The molecule has 1 aliphatic rings. The molecule has 0 aromatic carbocycles. The van der Waals surface area contributed by atoms with Gasteiger partial charge < -0.3 is 10.1 Å². The first kappa shape index (κ1) is 12.2. The van der Waals surface area contributed by atoms with Crippen molar-refractivity contribution in [1.82, 2.24) is 14.8 Å². The Hall–Kier alpha value is -1.89. The summed E-state index contributed by atoms with van der Waals surface area (Å²) in [6, 6.07) is 1.83. The Morgan fingerprint density at radius 1 is 1.68 bits per heavy atom. The van der Waals surface area contributed by atoms with Crippen molar-refractivity contribution in [2.45, 2.75) is 19.4 Å². The van der Waals surface area contributed by atoms with Crippen molar-refractivity contribution in [1.29, 1.82) is 0 Å². The lowest BCUT2D eigenvalue weighted by atomic mass is 10.2. The molecule has 6 nitrogen and oxygen atoms in total. The number of nitrogens with zero attached hydrogens (tertiary/aromatic N) is 3. The molecule has 100 valence electrons. The molecule has 1 aliphatic heterocycles. The van der Waals surface area contributed by atoms with E-state index in [0.717, 1.165) is 23.8 Å². The number of esters is 1. The number of anilines is 1. The van der Waals surface area contributed by atoms with Crippen LogP contribution in [-0.4, -0.2) is 33.9 Å². The van der Waals surface area contributed by atoms with Crippen LogP contribution >= 0.6 is 11.3 Å². The molecule has 1 atom stereocenters. The number of hydrogen-bond acceptors (Lipinski definition) is 6. The van der Waals surface area contributed by atoms with Gasteiger partial charge in [-0.2, -0.15) is 5.10 Å². The molecule has 0 amide bonds. The molecule has 0 saturated carbocycles. The van der Waals surface area contributed by atoms with Gasteiger partial charge in [-0.25, -0.2) is 14.5 Å². The lowest BCUT2D eigenvalue weighted by Crippen LogP contribution is -2.24. The van der Waals surface area contributed by atoms with Gasteiger partial charge in [0.15, 0.2) is 5.69 Å². The van der Waals surface area contributed by atoms with Crippen molar-refractivity contribution in [3.05, 3.63) is 28.3 Å². The number of thiazole rings is 1. The standard InChI is InChI=1S/C12H14N4O2S/c1-2-18-12(17)8-7-10-13-4-3-9(16(10)15-8)11-14-5-6-19-11/h5-7,9,13H,2-4H2,1H3. The molecule has 1 N–H and O–H groups in total. The van der Waals surface area contributed by atoms with Gasteiger partial charge in [-0.05, 0) is 13.3 Å². The molecular formula is C12H14N4O2S. The highest BCUT2D eigenvalue weighted by Gasteiger charge is 2.26. The Morgan fingerprint density at radius 3 is 3.32 bits per heavy atom. The molecule has 3 rings (SSSR count). The van der Waals surface area contributed by atoms with E-state index in [2.05, 4.69) is 15.4 Å². The van der Waals surface area contributed by atoms with E-state index in [9.17, 15) is 4.79 Å². The average molecular weight is 278 g/mol. The van der Waals surface area contributed by atoms with Crippen LogP contribution < -0.4 is 5.32 Å². The van der Waals surface area contributed by atoms with Crippen LogP contribution in [0.4, 0.5) is 5.82 Å². The SMILES string of the molecule is CCOC(=O)c1cc2n(n1)C(c1nccs1)CCN2. The van der Waals surface area contributed by atoms with Gasteiger partial charge in [0.1, 0.15) is 16.9 Å². The van der Waals surface area contributed by atoms with Gasteiger partial charge in [-0.3, -0.25) is 0 Å². The van der Waals surface area contributed by atoms with Crippen molar-refractivity contribution >= 4 is 23.1 Å². The first-order chi connectivity index (χ1) is 9.29. The van der Waals surface area contributed by atoms with Crippen molar-refractivity contribution < 1.29 is 9.53 Å². The van der Waals surface area contributed by atoms with Gasteiger partial charge in [-0.15, -0.1) is 11.3 Å². The van der Waals surface area contributed by atoms with Crippen molar-refractivity contribution in [2.75, 3.05) is 18.5 Å². The smallest absolute Gasteiger partial charge is 0.358 e. The molecule has 3 heterocycles. The molecule has 0 aliphatic carbocycles. The normalized spacial score (nSPS) is 17.6. The van der Waals surface area contributed by atoms with Crippen LogP contribution in [0.1, 0.15) is 34.9 Å². The summed E-state index contributed by atoms with van der Waals surface area (Å²) in [5, 5.41) is 10.6. The monoisotopic (exact) mass is 278 g/mol. The van der Waals surface area contributed by atoms with Gasteiger partial charge in [0, 0.05) is 24.2 Å². The zero-order valence-corrected chi connectivity index (χ0v) is 11.3. The number of fused-ring (bicyclic) bond motifs is 1. The fourth-order valence-electron chi connectivity index (χ4n) is 2.16. The van der Waals surface area contributed by atoms with Gasteiger partial charge in [0.2, 0.25) is 0 Å². The van der Waals surface area contributed by atoms with Crippen LogP contribution in [0.15, 0.2) is 17.6 Å². The quantitative estimate of drug-likeness (QED) is 0.869. The lowest BCUT2D eigenvalue weighted by Gasteiger charge is -2.23. The Morgan fingerprint density at radius 2 is 2.58 bits per heavy atom. The molecule has 0 spiro atoms. The van der Waals surface area contributed by atoms with Crippen LogP contribution in [0.2, 0.25) is 0 Å². The van der Waals surface area contributed by atoms with Gasteiger partial charge in [0.05, 0.1) is 6.61 Å². The minimum atomic E-state index is -0.385. The first-order valence-corrected chi connectivity index (χ1v) is 7.07. The largest absolute Gasteiger partial charge is 0.461 e. The third kappa shape index (κ3) is 2.21. The third-order valence-corrected chi connectivity index (χ3v) is 3.85. The summed E-state index contributed by atoms with van der Waals surface area (Å²) in [5.41, 5.74) is 0.341. The van der Waals surface area contributed by atoms with Gasteiger partial charge >= 0.3 is 5.97 Å². The number of aromatic nitrogens is 3. The Labute approximate surface area is 114 Å². The summed E-state index contributed by atoms with van der Waals surface area (Å²) in [6.07, 6.45) is 2.70. The summed E-state index contributed by atoms with van der Waals surface area (Å²) >= 11 is 1.61. The predicted molar refractivity (Wildman–Crippen MR) is 71.5 cm³/mol. The minimum absolute atomic E-state index is 0.0967. The van der Waals surface area contributed by atoms with Crippen LogP contribution in [0.3, 0.4) is 0 Å². The van der Waals surface area contributed by atoms with Crippen LogP contribution in [-0.2, 0) is 4.74 Å². The molecule has 0 saturated heterocycles. The highest BCUT2D eigenvalue weighted by molar-refractivity contribution is 7.09. The number of rotatable bonds is 3. The molecule has 0 radical (unpaired) electrons. The van der Waals surface area contributed by atoms with E-state index in [0.29, 0.717) is 12.3 Å². The van der Waals surface area contributed by atoms with Gasteiger partial charge in [0.25, 0.3) is 0 Å². The summed E-state index contributed by atoms with van der Waals surface area (Å²) in [5.74, 6) is 0.457. The third-order valence-electron chi connectivity index (χ3n) is 2.98. The summed E-state index contributed by atoms with van der Waals surface area (Å²) < 4.78 is 6.80. The highest BCUT2D eigenvalue weighted by Crippen LogP contribution is 2.30. The maximum atomic E-state index is 11.7. The molecule has 2 aromatic heterocycles. The molecule has 1 unspecified atom stereocenters. The van der Waals surface area contributed by atoms with E-state index in [4.69, 9.17) is 4.74 Å². The van der Waals surface area contributed by atoms with E-state index in [1.165, 1.54) is 0 Å². The number of carbonyl (C=O) groups excluding carboxylic acids is 1. The molecule has 2 aromatic rings. The maximum absolute atomic E-state index is 11.7. The zero-order valence-electron chi connectivity index (χ0n) is 10.5. The Balaban J connectivity index is 1.94.